The normalized spacial score (nSPS) is 20.4. The van der Waals surface area contributed by atoms with Crippen LogP contribution >= 0.6 is 23.2 Å². The van der Waals surface area contributed by atoms with Crippen molar-refractivity contribution in [1.82, 2.24) is 0 Å². The van der Waals surface area contributed by atoms with Crippen LogP contribution in [0.3, 0.4) is 0 Å². The topological polar surface area (TPSA) is 34.1 Å². The Hall–Kier alpha value is 0.439. The molecule has 0 aromatic heterocycles. The fourth-order valence-corrected chi connectivity index (χ4v) is 0.823. The SMILES string of the molecule is O=C(Cl)[C]1[C][C][C][C]1.O=C(Cl)[C]1[C][C][C][C]1.[Fe]. The van der Waals surface area contributed by atoms with E-state index in [4.69, 9.17) is 23.2 Å². The zero-order valence-corrected chi connectivity index (χ0v) is 10.5. The molecule has 18 radical (unpaired) electrons. The van der Waals surface area contributed by atoms with Crippen LogP contribution in [0.25, 0.3) is 0 Å². The Labute approximate surface area is 123 Å². The summed E-state index contributed by atoms with van der Waals surface area (Å²) in [7, 11) is 0. The molecule has 0 N–H and O–H groups in total. The van der Waals surface area contributed by atoms with Crippen LogP contribution in [0.4, 0.5) is 0 Å². The molecule has 82 valence electrons. The summed E-state index contributed by atoms with van der Waals surface area (Å²) in [5, 5.41) is -1.13. The summed E-state index contributed by atoms with van der Waals surface area (Å²) in [6, 6.07) is 0. The number of carbonyl (C=O) groups excluding carboxylic acids is 2. The summed E-state index contributed by atoms with van der Waals surface area (Å²) in [6.45, 7) is 0. The quantitative estimate of drug-likeness (QED) is 0.570. The predicted molar refractivity (Wildman–Crippen MR) is 54.2 cm³/mol. The van der Waals surface area contributed by atoms with Gasteiger partial charge in [0.05, 0.1) is 11.8 Å². The van der Waals surface area contributed by atoms with Gasteiger partial charge in [0.15, 0.2) is 0 Å². The van der Waals surface area contributed by atoms with Crippen molar-refractivity contribution >= 4 is 33.7 Å². The molecule has 0 bridgehead atoms. The predicted octanol–water partition coefficient (Wildman–Crippen LogP) is 1.33. The minimum atomic E-state index is -0.567. The van der Waals surface area contributed by atoms with Crippen LogP contribution < -0.4 is 0 Å². The van der Waals surface area contributed by atoms with Gasteiger partial charge in [-0.05, 0) is 23.2 Å². The van der Waals surface area contributed by atoms with E-state index in [-0.39, 0.29) is 28.9 Å². The molecule has 2 saturated carbocycles. The molecule has 2 nitrogen and oxygen atoms in total. The van der Waals surface area contributed by atoms with Crippen LogP contribution in [0.15, 0.2) is 0 Å². The van der Waals surface area contributed by atoms with Gasteiger partial charge in [0, 0.05) is 68.4 Å². The van der Waals surface area contributed by atoms with Crippen molar-refractivity contribution < 1.29 is 26.7 Å². The molecule has 5 heteroatoms. The Morgan fingerprint density at radius 3 is 1.06 bits per heavy atom. The first kappa shape index (κ1) is 17.4. The first-order valence-corrected chi connectivity index (χ1v) is 4.54. The van der Waals surface area contributed by atoms with E-state index in [9.17, 15) is 9.59 Å². The van der Waals surface area contributed by atoms with E-state index in [2.05, 4.69) is 51.4 Å². The number of rotatable bonds is 2. The van der Waals surface area contributed by atoms with Crippen LogP contribution in [0, 0.1) is 63.2 Å². The molecule has 17 heavy (non-hydrogen) atoms. The monoisotopic (exact) mass is 302 g/mol. The molecule has 0 heterocycles. The smallest absolute Gasteiger partial charge is 0.230 e. The molecular weight excluding hydrogens is 303 g/mol. The zero-order chi connectivity index (χ0) is 12.0. The van der Waals surface area contributed by atoms with E-state index >= 15 is 0 Å². The third kappa shape index (κ3) is 6.81. The molecule has 2 fully saturated rings. The van der Waals surface area contributed by atoms with Gasteiger partial charge < -0.3 is 0 Å². The molecule has 2 aliphatic rings. The van der Waals surface area contributed by atoms with Crippen molar-refractivity contribution in [3.05, 3.63) is 63.2 Å². The average molecular weight is 303 g/mol. The zero-order valence-electron chi connectivity index (χ0n) is 7.93. The Morgan fingerprint density at radius 1 is 0.706 bits per heavy atom. The number of halogens is 2. The third-order valence-corrected chi connectivity index (χ3v) is 1.65. The van der Waals surface area contributed by atoms with Gasteiger partial charge in [-0.25, -0.2) is 0 Å². The summed E-state index contributed by atoms with van der Waals surface area (Å²) in [5.41, 5.74) is 0. The van der Waals surface area contributed by atoms with Crippen LogP contribution in [-0.2, 0) is 26.7 Å². The van der Waals surface area contributed by atoms with E-state index in [1.165, 1.54) is 0 Å². The fourth-order valence-electron chi connectivity index (χ4n) is 0.634. The van der Waals surface area contributed by atoms with Crippen molar-refractivity contribution in [3.8, 4) is 0 Å². The minimum absolute atomic E-state index is 0. The van der Waals surface area contributed by atoms with Gasteiger partial charge in [0.1, 0.15) is 0 Å². The molecule has 0 aromatic rings. The maximum absolute atomic E-state index is 10.2. The molecule has 0 atom stereocenters. The summed E-state index contributed by atoms with van der Waals surface area (Å²) in [4.78, 5) is 20.3. The van der Waals surface area contributed by atoms with E-state index in [1.807, 2.05) is 0 Å². The second-order valence-corrected chi connectivity index (χ2v) is 2.98. The van der Waals surface area contributed by atoms with Crippen molar-refractivity contribution in [3.63, 3.8) is 0 Å². The minimum Gasteiger partial charge on any atom is -0.281 e. The first-order valence-electron chi connectivity index (χ1n) is 3.79. The van der Waals surface area contributed by atoms with Crippen molar-refractivity contribution in [2.24, 2.45) is 0 Å². The summed E-state index contributed by atoms with van der Waals surface area (Å²) in [5.74, 6) is 0.401. The van der Waals surface area contributed by atoms with Gasteiger partial charge in [-0.1, -0.05) is 0 Å². The van der Waals surface area contributed by atoms with Crippen LogP contribution in [0.1, 0.15) is 0 Å². The molecular formula is C12Cl2FeO2. The van der Waals surface area contributed by atoms with Gasteiger partial charge in [0.25, 0.3) is 0 Å². The van der Waals surface area contributed by atoms with Crippen molar-refractivity contribution in [2.75, 3.05) is 0 Å². The fraction of sp³-hybridized carbons (Fsp3) is 0. The molecule has 2 aliphatic carbocycles. The second-order valence-electron chi connectivity index (χ2n) is 2.30. The Morgan fingerprint density at radius 2 is 0.941 bits per heavy atom. The van der Waals surface area contributed by atoms with Crippen LogP contribution in [-0.4, -0.2) is 10.5 Å². The van der Waals surface area contributed by atoms with Gasteiger partial charge in [0.2, 0.25) is 10.5 Å². The maximum atomic E-state index is 10.2. The largest absolute Gasteiger partial charge is 0.281 e. The Kier molecular flexibility index (Phi) is 9.62. The van der Waals surface area contributed by atoms with E-state index in [0.29, 0.717) is 0 Å². The van der Waals surface area contributed by atoms with E-state index < -0.39 is 10.5 Å². The molecule has 0 amide bonds. The summed E-state index contributed by atoms with van der Waals surface area (Å²) in [6.07, 6.45) is 19.3. The Bertz CT molecular complexity index is 221. The van der Waals surface area contributed by atoms with Crippen LogP contribution in [0.2, 0.25) is 0 Å². The summed E-state index contributed by atoms with van der Waals surface area (Å²) >= 11 is 10.0. The first-order chi connectivity index (χ1) is 7.61. The number of hydrogen-bond donors (Lipinski definition) is 0. The van der Waals surface area contributed by atoms with Gasteiger partial charge in [-0.3, -0.25) is 9.59 Å². The van der Waals surface area contributed by atoms with Gasteiger partial charge in [-0.2, -0.15) is 0 Å². The second kappa shape index (κ2) is 9.38. The third-order valence-electron chi connectivity index (χ3n) is 1.27. The maximum Gasteiger partial charge on any atom is 0.230 e. The molecule has 2 rings (SSSR count). The summed E-state index contributed by atoms with van der Waals surface area (Å²) < 4.78 is 0. The van der Waals surface area contributed by atoms with Crippen molar-refractivity contribution in [1.29, 1.82) is 0 Å². The van der Waals surface area contributed by atoms with Crippen LogP contribution in [0.5, 0.6) is 0 Å². The molecule has 0 aliphatic heterocycles. The van der Waals surface area contributed by atoms with E-state index in [1.54, 1.807) is 0 Å². The van der Waals surface area contributed by atoms with Crippen molar-refractivity contribution in [2.45, 2.75) is 0 Å². The van der Waals surface area contributed by atoms with E-state index in [0.717, 1.165) is 0 Å². The van der Waals surface area contributed by atoms with Gasteiger partial charge in [-0.15, -0.1) is 0 Å². The Balaban J connectivity index is 0.000000284. The molecule has 0 aromatic carbocycles. The molecule has 0 saturated heterocycles. The average Bonchev–Trinajstić information content (AvgIpc) is 2.93. The number of carbonyl (C=O) groups is 2. The standard InChI is InChI=1S/2C6ClO.Fe/c2*7-6(8)5-3-1-2-4-5;. The molecule has 0 spiro atoms. The number of hydrogen-bond acceptors (Lipinski definition) is 2. The molecule has 0 unspecified atom stereocenters. The van der Waals surface area contributed by atoms with Gasteiger partial charge >= 0.3 is 0 Å².